The van der Waals surface area contributed by atoms with Crippen LogP contribution in [0, 0.1) is 17.0 Å². The van der Waals surface area contributed by atoms with E-state index < -0.39 is 10.7 Å². The molecule has 0 bridgehead atoms. The molecule has 104 valence electrons. The van der Waals surface area contributed by atoms with E-state index in [0.29, 0.717) is 26.2 Å². The summed E-state index contributed by atoms with van der Waals surface area (Å²) in [6.07, 6.45) is 2.19. The number of ether oxygens (including phenoxy) is 2. The zero-order chi connectivity index (χ0) is 13.9. The van der Waals surface area contributed by atoms with Gasteiger partial charge in [-0.15, -0.1) is 0 Å². The van der Waals surface area contributed by atoms with E-state index in [4.69, 9.17) is 9.47 Å². The minimum atomic E-state index is -0.605. The minimum absolute atomic E-state index is 0.0154. The molecule has 2 heterocycles. The molecule has 19 heavy (non-hydrogen) atoms. The second kappa shape index (κ2) is 5.50. The maximum atomic E-state index is 10.9. The first-order valence-electron chi connectivity index (χ1n) is 6.13. The van der Waals surface area contributed by atoms with E-state index in [1.54, 1.807) is 13.1 Å². The fraction of sp³-hybridized carbons (Fsp3) is 0.583. The van der Waals surface area contributed by atoms with Gasteiger partial charge in [0, 0.05) is 25.2 Å². The van der Waals surface area contributed by atoms with Crippen LogP contribution >= 0.6 is 0 Å². The van der Waals surface area contributed by atoms with Crippen LogP contribution in [0.1, 0.15) is 18.9 Å². The zero-order valence-corrected chi connectivity index (χ0v) is 11.0. The molecule has 7 heteroatoms. The zero-order valence-electron chi connectivity index (χ0n) is 11.0. The largest absolute Gasteiger partial charge is 0.364 e. The van der Waals surface area contributed by atoms with Gasteiger partial charge < -0.3 is 14.8 Å². The molecule has 0 radical (unpaired) electrons. The van der Waals surface area contributed by atoms with Gasteiger partial charge in [0.2, 0.25) is 5.82 Å². The molecular formula is C12H17N3O4. The molecule has 7 nitrogen and oxygen atoms in total. The lowest BCUT2D eigenvalue weighted by Crippen LogP contribution is -2.28. The van der Waals surface area contributed by atoms with E-state index in [2.05, 4.69) is 10.3 Å². The maximum Gasteiger partial charge on any atom is 0.311 e. The molecule has 0 atom stereocenters. The molecule has 0 saturated carbocycles. The van der Waals surface area contributed by atoms with Gasteiger partial charge in [0.1, 0.15) is 0 Å². The molecular weight excluding hydrogens is 250 g/mol. The number of hydrogen-bond donors (Lipinski definition) is 1. The van der Waals surface area contributed by atoms with Crippen LogP contribution < -0.4 is 5.32 Å². The van der Waals surface area contributed by atoms with Crippen molar-refractivity contribution in [3.8, 4) is 0 Å². The Morgan fingerprint density at radius 2 is 2.21 bits per heavy atom. The summed E-state index contributed by atoms with van der Waals surface area (Å²) >= 11 is 0. The van der Waals surface area contributed by atoms with Crippen molar-refractivity contribution in [1.29, 1.82) is 0 Å². The van der Waals surface area contributed by atoms with E-state index in [1.807, 2.05) is 6.92 Å². The van der Waals surface area contributed by atoms with Crippen molar-refractivity contribution in [2.45, 2.75) is 26.1 Å². The quantitative estimate of drug-likeness (QED) is 0.647. The topological polar surface area (TPSA) is 86.5 Å². The fourth-order valence-electron chi connectivity index (χ4n) is 1.94. The molecule has 0 spiro atoms. The summed E-state index contributed by atoms with van der Waals surface area (Å²) in [5.74, 6) is -0.330. The molecule has 1 aliphatic heterocycles. The van der Waals surface area contributed by atoms with Crippen LogP contribution in [0.4, 0.5) is 11.5 Å². The molecule has 1 saturated heterocycles. The maximum absolute atomic E-state index is 10.9. The predicted molar refractivity (Wildman–Crippen MR) is 69.0 cm³/mol. The summed E-state index contributed by atoms with van der Waals surface area (Å²) in [5.41, 5.74) is 0.741. The van der Waals surface area contributed by atoms with Gasteiger partial charge in [0.05, 0.1) is 18.1 Å². The van der Waals surface area contributed by atoms with Crippen LogP contribution in [0.25, 0.3) is 0 Å². The number of aryl methyl sites for hydroxylation is 1. The van der Waals surface area contributed by atoms with Gasteiger partial charge in [-0.05, 0) is 19.4 Å². The lowest BCUT2D eigenvalue weighted by atomic mass is 10.2. The van der Waals surface area contributed by atoms with Crippen molar-refractivity contribution in [2.24, 2.45) is 0 Å². The monoisotopic (exact) mass is 267 g/mol. The first-order valence-corrected chi connectivity index (χ1v) is 6.13. The standard InChI is InChI=1S/C12H17N3O4/c1-9-7-10(15(16)17)11(14-8-9)13-4-3-12(2)18-5-6-19-12/h7-8H,3-6H2,1-2H3,(H,13,14). The Kier molecular flexibility index (Phi) is 3.96. The smallest absolute Gasteiger partial charge is 0.311 e. The van der Waals surface area contributed by atoms with E-state index in [-0.39, 0.29) is 11.5 Å². The highest BCUT2D eigenvalue weighted by Crippen LogP contribution is 2.25. The van der Waals surface area contributed by atoms with Gasteiger partial charge in [-0.1, -0.05) is 0 Å². The third-order valence-electron chi connectivity index (χ3n) is 2.97. The highest BCUT2D eigenvalue weighted by Gasteiger charge is 2.30. The number of aromatic nitrogens is 1. The van der Waals surface area contributed by atoms with Gasteiger partial charge in [0.15, 0.2) is 5.79 Å². The van der Waals surface area contributed by atoms with Gasteiger partial charge >= 0.3 is 5.69 Å². The van der Waals surface area contributed by atoms with E-state index in [0.717, 1.165) is 5.56 Å². The van der Waals surface area contributed by atoms with E-state index in [9.17, 15) is 10.1 Å². The van der Waals surface area contributed by atoms with Gasteiger partial charge in [0.25, 0.3) is 0 Å². The number of nitrogens with one attached hydrogen (secondary N) is 1. The van der Waals surface area contributed by atoms with E-state index in [1.165, 1.54) is 6.07 Å². The van der Waals surface area contributed by atoms with Crippen molar-refractivity contribution in [1.82, 2.24) is 4.98 Å². The predicted octanol–water partition coefficient (Wildman–Crippen LogP) is 1.86. The Balaban J connectivity index is 1.97. The van der Waals surface area contributed by atoms with Gasteiger partial charge in [-0.2, -0.15) is 0 Å². The summed E-state index contributed by atoms with van der Waals surface area (Å²) in [5, 5.41) is 13.9. The normalized spacial score (nSPS) is 17.4. The fourth-order valence-corrected chi connectivity index (χ4v) is 1.94. The summed E-state index contributed by atoms with van der Waals surface area (Å²) in [6.45, 7) is 5.29. The number of nitro groups is 1. The number of hydrogen-bond acceptors (Lipinski definition) is 6. The molecule has 1 aromatic heterocycles. The highest BCUT2D eigenvalue weighted by molar-refractivity contribution is 5.56. The Morgan fingerprint density at radius 3 is 2.84 bits per heavy atom. The van der Waals surface area contributed by atoms with E-state index >= 15 is 0 Å². The second-order valence-electron chi connectivity index (χ2n) is 4.65. The van der Waals surface area contributed by atoms with Gasteiger partial charge in [-0.25, -0.2) is 4.98 Å². The Bertz CT molecular complexity index is 472. The van der Waals surface area contributed by atoms with Crippen LogP contribution in [0.3, 0.4) is 0 Å². The third-order valence-corrected chi connectivity index (χ3v) is 2.97. The molecule has 0 unspecified atom stereocenters. The van der Waals surface area contributed by atoms with Crippen molar-refractivity contribution in [3.05, 3.63) is 27.9 Å². The average molecular weight is 267 g/mol. The van der Waals surface area contributed by atoms with Crippen molar-refractivity contribution in [3.63, 3.8) is 0 Å². The van der Waals surface area contributed by atoms with Crippen molar-refractivity contribution < 1.29 is 14.4 Å². The summed E-state index contributed by atoms with van der Waals surface area (Å²) in [6, 6.07) is 1.50. The summed E-state index contributed by atoms with van der Waals surface area (Å²) in [7, 11) is 0. The minimum Gasteiger partial charge on any atom is -0.364 e. The van der Waals surface area contributed by atoms with Crippen LogP contribution in [0.2, 0.25) is 0 Å². The number of anilines is 1. The average Bonchev–Trinajstić information content (AvgIpc) is 2.78. The molecule has 1 aliphatic rings. The molecule has 0 aromatic carbocycles. The van der Waals surface area contributed by atoms with Crippen molar-refractivity contribution in [2.75, 3.05) is 25.1 Å². The Labute approximate surface area is 111 Å². The third kappa shape index (κ3) is 3.39. The first-order chi connectivity index (χ1) is 9.00. The lowest BCUT2D eigenvalue weighted by molar-refractivity contribution is -0.384. The number of pyridine rings is 1. The second-order valence-corrected chi connectivity index (χ2v) is 4.65. The Hall–Kier alpha value is -1.73. The molecule has 1 aromatic rings. The van der Waals surface area contributed by atoms with Crippen LogP contribution in [-0.4, -0.2) is 35.5 Å². The molecule has 1 fully saturated rings. The molecule has 1 N–H and O–H groups in total. The molecule has 0 amide bonds. The summed E-state index contributed by atoms with van der Waals surface area (Å²) in [4.78, 5) is 14.5. The lowest BCUT2D eigenvalue weighted by Gasteiger charge is -2.22. The SMILES string of the molecule is Cc1cnc(NCCC2(C)OCCO2)c([N+](=O)[O-])c1. The summed E-state index contributed by atoms with van der Waals surface area (Å²) < 4.78 is 10.9. The number of rotatable bonds is 5. The number of nitrogens with zero attached hydrogens (tertiary/aromatic N) is 2. The van der Waals surface area contributed by atoms with Crippen LogP contribution in [0.15, 0.2) is 12.3 Å². The molecule has 2 rings (SSSR count). The Morgan fingerprint density at radius 1 is 1.53 bits per heavy atom. The van der Waals surface area contributed by atoms with Crippen LogP contribution in [-0.2, 0) is 9.47 Å². The highest BCUT2D eigenvalue weighted by atomic mass is 16.7. The van der Waals surface area contributed by atoms with Gasteiger partial charge in [-0.3, -0.25) is 10.1 Å². The van der Waals surface area contributed by atoms with Crippen LogP contribution in [0.5, 0.6) is 0 Å². The van der Waals surface area contributed by atoms with Crippen molar-refractivity contribution >= 4 is 11.5 Å². The molecule has 0 aliphatic carbocycles. The first kappa shape index (κ1) is 13.7.